The van der Waals surface area contributed by atoms with Crippen molar-refractivity contribution in [1.82, 2.24) is 19.7 Å². The van der Waals surface area contributed by atoms with Gasteiger partial charge in [0.05, 0.1) is 12.1 Å². The highest BCUT2D eigenvalue weighted by Gasteiger charge is 2.26. The zero-order valence-electron chi connectivity index (χ0n) is 16.4. The van der Waals surface area contributed by atoms with Crippen LogP contribution in [0.5, 0.6) is 0 Å². The zero-order chi connectivity index (χ0) is 20.7. The fourth-order valence-corrected chi connectivity index (χ4v) is 3.84. The minimum Gasteiger partial charge on any atom is -0.380 e. The predicted octanol–water partition coefficient (Wildman–Crippen LogP) is 1.53. The minimum absolute atomic E-state index is 0.0181. The number of hydrogen-bond acceptors (Lipinski definition) is 8. The molecule has 0 unspecified atom stereocenters. The Balaban J connectivity index is 1.47. The predicted molar refractivity (Wildman–Crippen MR) is 113 cm³/mol. The van der Waals surface area contributed by atoms with Gasteiger partial charge in [-0.05, 0) is 37.5 Å². The number of carbonyl (C=O) groups is 1. The molecule has 10 nitrogen and oxygen atoms in total. The highest BCUT2D eigenvalue weighted by atomic mass is 16.5. The Kier molecular flexibility index (Phi) is 4.72. The largest absolute Gasteiger partial charge is 0.380 e. The lowest BCUT2D eigenvalue weighted by Gasteiger charge is -2.29. The summed E-state index contributed by atoms with van der Waals surface area (Å²) < 4.78 is 7.66. The lowest BCUT2D eigenvalue weighted by atomic mass is 10.1. The van der Waals surface area contributed by atoms with Gasteiger partial charge in [-0.25, -0.2) is 0 Å². The fourth-order valence-electron chi connectivity index (χ4n) is 3.84. The van der Waals surface area contributed by atoms with Crippen LogP contribution in [0.3, 0.4) is 0 Å². The third-order valence-electron chi connectivity index (χ3n) is 5.59. The van der Waals surface area contributed by atoms with E-state index in [1.807, 2.05) is 12.1 Å². The first-order chi connectivity index (χ1) is 14.6. The van der Waals surface area contributed by atoms with Gasteiger partial charge in [-0.1, -0.05) is 6.07 Å². The van der Waals surface area contributed by atoms with Crippen LogP contribution in [-0.4, -0.2) is 51.0 Å². The van der Waals surface area contributed by atoms with E-state index in [1.165, 1.54) is 12.8 Å². The molecule has 1 saturated heterocycles. The number of nitrogens with zero attached hydrogens (tertiary/aromatic N) is 4. The lowest BCUT2D eigenvalue weighted by Crippen LogP contribution is -2.48. The summed E-state index contributed by atoms with van der Waals surface area (Å²) >= 11 is 0. The Morgan fingerprint density at radius 3 is 2.83 bits per heavy atom. The third-order valence-corrected chi connectivity index (χ3v) is 5.59. The Labute approximate surface area is 173 Å². The molecule has 2 aromatic heterocycles. The summed E-state index contributed by atoms with van der Waals surface area (Å²) in [5.74, 6) is -0.158. The molecule has 2 fully saturated rings. The van der Waals surface area contributed by atoms with Crippen LogP contribution in [0.2, 0.25) is 0 Å². The van der Waals surface area contributed by atoms with Crippen LogP contribution in [0, 0.1) is 0 Å². The first-order valence-corrected chi connectivity index (χ1v) is 10.1. The number of ether oxygens (including phenoxy) is 1. The summed E-state index contributed by atoms with van der Waals surface area (Å²) in [5.41, 5.74) is 13.6. The molecule has 1 aromatic carbocycles. The number of primary amides is 1. The van der Waals surface area contributed by atoms with Crippen molar-refractivity contribution in [1.29, 1.82) is 0 Å². The van der Waals surface area contributed by atoms with Crippen molar-refractivity contribution in [3.63, 3.8) is 0 Å². The maximum absolute atomic E-state index is 11.9. The second-order valence-corrected chi connectivity index (χ2v) is 7.79. The summed E-state index contributed by atoms with van der Waals surface area (Å²) in [4.78, 5) is 16.4. The van der Waals surface area contributed by atoms with E-state index < -0.39 is 5.91 Å². The second-order valence-electron chi connectivity index (χ2n) is 7.79. The number of nitrogens with two attached hydrogens (primary N) is 2. The summed E-state index contributed by atoms with van der Waals surface area (Å²) in [5, 5.41) is 15.5. The fraction of sp³-hybridized carbons (Fsp3) is 0.400. The highest BCUT2D eigenvalue weighted by Crippen LogP contribution is 2.39. The van der Waals surface area contributed by atoms with E-state index in [9.17, 15) is 4.79 Å². The van der Waals surface area contributed by atoms with Gasteiger partial charge in [0.2, 0.25) is 5.95 Å². The Morgan fingerprint density at radius 2 is 2.07 bits per heavy atom. The molecule has 2 atom stereocenters. The lowest BCUT2D eigenvalue weighted by molar-refractivity contribution is 0.0751. The van der Waals surface area contributed by atoms with Gasteiger partial charge in [-0.2, -0.15) is 4.98 Å². The Bertz CT molecular complexity index is 1090. The average Bonchev–Trinajstić information content (AvgIpc) is 3.48. The van der Waals surface area contributed by atoms with Crippen molar-refractivity contribution < 1.29 is 9.53 Å². The molecule has 3 heterocycles. The molecule has 0 spiro atoms. The number of rotatable bonds is 6. The van der Waals surface area contributed by atoms with Gasteiger partial charge >= 0.3 is 0 Å². The number of fused-ring (bicyclic) bond motifs is 1. The summed E-state index contributed by atoms with van der Waals surface area (Å²) in [6, 6.07) is 8.42. The molecular formula is C20H24N8O2. The summed E-state index contributed by atoms with van der Waals surface area (Å²) in [7, 11) is 0. The SMILES string of the molecule is NC(=O)c1nnc(N[C@@H]2CCOC[C@@H]2N)nc1Nc1cccc2c1ccn2C1CC1. The number of hydrogen-bond donors (Lipinski definition) is 4. The smallest absolute Gasteiger partial charge is 0.273 e. The third kappa shape index (κ3) is 3.55. The first-order valence-electron chi connectivity index (χ1n) is 10.1. The Hall–Kier alpha value is -3.24. The van der Waals surface area contributed by atoms with Crippen LogP contribution in [0.25, 0.3) is 10.9 Å². The molecule has 0 bridgehead atoms. The molecule has 0 radical (unpaired) electrons. The van der Waals surface area contributed by atoms with Crippen molar-refractivity contribution in [2.75, 3.05) is 23.8 Å². The Morgan fingerprint density at radius 1 is 1.20 bits per heavy atom. The van der Waals surface area contributed by atoms with E-state index in [0.717, 1.165) is 23.0 Å². The van der Waals surface area contributed by atoms with Crippen molar-refractivity contribution in [2.24, 2.45) is 11.5 Å². The van der Waals surface area contributed by atoms with E-state index in [4.69, 9.17) is 16.2 Å². The van der Waals surface area contributed by atoms with Crippen LogP contribution in [-0.2, 0) is 4.74 Å². The van der Waals surface area contributed by atoms with Crippen molar-refractivity contribution in [3.05, 3.63) is 36.2 Å². The van der Waals surface area contributed by atoms with Crippen LogP contribution in [0.4, 0.5) is 17.5 Å². The second kappa shape index (κ2) is 7.54. The van der Waals surface area contributed by atoms with Gasteiger partial charge in [-0.15, -0.1) is 10.2 Å². The molecule has 1 saturated carbocycles. The van der Waals surface area contributed by atoms with E-state index in [0.29, 0.717) is 19.3 Å². The molecule has 1 aliphatic heterocycles. The van der Waals surface area contributed by atoms with Crippen LogP contribution in [0.15, 0.2) is 30.5 Å². The van der Waals surface area contributed by atoms with Gasteiger partial charge in [-0.3, -0.25) is 4.79 Å². The number of carbonyl (C=O) groups excluding carboxylic acids is 1. The topological polar surface area (TPSA) is 146 Å². The van der Waals surface area contributed by atoms with Crippen molar-refractivity contribution >= 4 is 34.3 Å². The van der Waals surface area contributed by atoms with Crippen molar-refractivity contribution in [3.8, 4) is 0 Å². The van der Waals surface area contributed by atoms with E-state index in [2.05, 4.69) is 48.7 Å². The summed E-state index contributed by atoms with van der Waals surface area (Å²) in [6.45, 7) is 1.08. The quantitative estimate of drug-likeness (QED) is 0.480. The van der Waals surface area contributed by atoms with Gasteiger partial charge < -0.3 is 31.4 Å². The number of nitrogens with one attached hydrogen (secondary N) is 2. The molecule has 1 aliphatic carbocycles. The van der Waals surface area contributed by atoms with Gasteiger partial charge in [0, 0.05) is 42.0 Å². The normalized spacial score (nSPS) is 21.5. The number of amides is 1. The van der Waals surface area contributed by atoms with E-state index >= 15 is 0 Å². The average molecular weight is 408 g/mol. The maximum Gasteiger partial charge on any atom is 0.273 e. The monoisotopic (exact) mass is 408 g/mol. The molecule has 5 rings (SSSR count). The molecule has 10 heteroatoms. The van der Waals surface area contributed by atoms with Crippen LogP contribution < -0.4 is 22.1 Å². The minimum atomic E-state index is -0.699. The first kappa shape index (κ1) is 18.8. The van der Waals surface area contributed by atoms with Gasteiger partial charge in [0.1, 0.15) is 0 Å². The highest BCUT2D eigenvalue weighted by molar-refractivity contribution is 5.99. The molecule has 30 heavy (non-hydrogen) atoms. The molecule has 3 aromatic rings. The van der Waals surface area contributed by atoms with Gasteiger partial charge in [0.15, 0.2) is 11.5 Å². The maximum atomic E-state index is 11.9. The van der Waals surface area contributed by atoms with Crippen LogP contribution >= 0.6 is 0 Å². The number of anilines is 3. The number of benzene rings is 1. The molecule has 1 amide bonds. The zero-order valence-corrected chi connectivity index (χ0v) is 16.4. The van der Waals surface area contributed by atoms with Gasteiger partial charge in [0.25, 0.3) is 5.91 Å². The molecule has 156 valence electrons. The standard InChI is InChI=1S/C20H24N8O2/c21-13-10-30-9-7-15(13)24-20-25-19(17(18(22)29)26-27-20)23-14-2-1-3-16-12(14)6-8-28(16)11-4-5-11/h1-3,6,8,11,13,15H,4-5,7,9-10,21H2,(H2,22,29)(H2,23,24,25,27)/t13-,15+/m0/s1. The van der Waals surface area contributed by atoms with E-state index in [1.54, 1.807) is 0 Å². The van der Waals surface area contributed by atoms with Crippen molar-refractivity contribution in [2.45, 2.75) is 37.4 Å². The number of aromatic nitrogens is 4. The molecule has 2 aliphatic rings. The van der Waals surface area contributed by atoms with E-state index in [-0.39, 0.29) is 29.5 Å². The summed E-state index contributed by atoms with van der Waals surface area (Å²) in [6.07, 6.45) is 5.23. The molecular weight excluding hydrogens is 384 g/mol. The van der Waals surface area contributed by atoms with Crippen LogP contribution in [0.1, 0.15) is 35.8 Å². The molecule has 6 N–H and O–H groups in total.